The first-order chi connectivity index (χ1) is 9.08. The third-order valence-corrected chi connectivity index (χ3v) is 4.27. The molecule has 0 aliphatic carbocycles. The number of aryl methyl sites for hydroxylation is 1. The normalized spacial score (nSPS) is 12.4. The lowest BCUT2D eigenvalue weighted by Crippen LogP contribution is -2.19. The summed E-state index contributed by atoms with van der Waals surface area (Å²) in [5, 5.41) is 4.30. The van der Waals surface area contributed by atoms with E-state index in [1.807, 2.05) is 18.2 Å². The summed E-state index contributed by atoms with van der Waals surface area (Å²) < 4.78 is 1.08. The summed E-state index contributed by atoms with van der Waals surface area (Å²) in [6, 6.07) is 14.6. The Labute approximate surface area is 128 Å². The Morgan fingerprint density at radius 2 is 1.95 bits per heavy atom. The van der Waals surface area contributed by atoms with Crippen molar-refractivity contribution in [2.75, 3.05) is 0 Å². The molecule has 100 valence electrons. The number of hydrogen-bond acceptors (Lipinski definition) is 1. The van der Waals surface area contributed by atoms with Gasteiger partial charge in [-0.2, -0.15) is 0 Å². The summed E-state index contributed by atoms with van der Waals surface area (Å²) in [7, 11) is 0. The predicted molar refractivity (Wildman–Crippen MR) is 85.6 cm³/mol. The van der Waals surface area contributed by atoms with Crippen molar-refractivity contribution in [1.82, 2.24) is 5.32 Å². The minimum Gasteiger partial charge on any atom is -0.306 e. The molecular weight excluding hydrogens is 322 g/mol. The molecule has 2 rings (SSSR count). The topological polar surface area (TPSA) is 12.0 Å². The number of hydrogen-bond donors (Lipinski definition) is 1. The van der Waals surface area contributed by atoms with E-state index in [-0.39, 0.29) is 0 Å². The van der Waals surface area contributed by atoms with Crippen LogP contribution in [-0.4, -0.2) is 0 Å². The van der Waals surface area contributed by atoms with Gasteiger partial charge in [0.05, 0.1) is 0 Å². The van der Waals surface area contributed by atoms with Crippen molar-refractivity contribution in [3.63, 3.8) is 0 Å². The smallest absolute Gasteiger partial charge is 0.0410 e. The second kappa shape index (κ2) is 6.56. The second-order valence-electron chi connectivity index (χ2n) is 4.69. The molecular formula is C16H17BrClN. The van der Waals surface area contributed by atoms with Crippen LogP contribution in [0.25, 0.3) is 0 Å². The molecule has 0 unspecified atom stereocenters. The number of halogens is 2. The fourth-order valence-electron chi connectivity index (χ4n) is 2.12. The van der Waals surface area contributed by atoms with Crippen LogP contribution in [-0.2, 0) is 6.54 Å². The highest BCUT2D eigenvalue weighted by Crippen LogP contribution is 2.23. The van der Waals surface area contributed by atoms with Gasteiger partial charge in [0.1, 0.15) is 0 Å². The molecule has 1 N–H and O–H groups in total. The molecule has 0 radical (unpaired) electrons. The standard InChI is InChI=1S/C16H17BrClN/c1-11-5-3-4-6-15(11)12(2)19-10-13-9-14(18)7-8-16(13)17/h3-9,12,19H,10H2,1-2H3/t12-/m0/s1. The van der Waals surface area contributed by atoms with Gasteiger partial charge in [-0.15, -0.1) is 0 Å². The molecule has 0 heterocycles. The molecule has 0 bridgehead atoms. The fraction of sp³-hybridized carbons (Fsp3) is 0.250. The van der Waals surface area contributed by atoms with Gasteiger partial charge in [0.2, 0.25) is 0 Å². The molecule has 0 aromatic heterocycles. The van der Waals surface area contributed by atoms with Crippen molar-refractivity contribution in [2.45, 2.75) is 26.4 Å². The quantitative estimate of drug-likeness (QED) is 0.801. The zero-order chi connectivity index (χ0) is 13.8. The van der Waals surface area contributed by atoms with Crippen molar-refractivity contribution in [3.8, 4) is 0 Å². The SMILES string of the molecule is Cc1ccccc1[C@H](C)NCc1cc(Cl)ccc1Br. The van der Waals surface area contributed by atoms with Crippen LogP contribution in [0.2, 0.25) is 5.02 Å². The van der Waals surface area contributed by atoms with Crippen LogP contribution in [0, 0.1) is 6.92 Å². The molecule has 0 aliphatic rings. The first kappa shape index (κ1) is 14.6. The van der Waals surface area contributed by atoms with Gasteiger partial charge >= 0.3 is 0 Å². The average Bonchev–Trinajstić information content (AvgIpc) is 2.40. The molecule has 3 heteroatoms. The van der Waals surface area contributed by atoms with Crippen molar-refractivity contribution in [3.05, 3.63) is 68.7 Å². The summed E-state index contributed by atoms with van der Waals surface area (Å²) in [5.41, 5.74) is 3.82. The van der Waals surface area contributed by atoms with Crippen LogP contribution in [0.5, 0.6) is 0 Å². The predicted octanol–water partition coefficient (Wildman–Crippen LogP) is 5.26. The van der Waals surface area contributed by atoms with Crippen LogP contribution < -0.4 is 5.32 Å². The minimum atomic E-state index is 0.312. The van der Waals surface area contributed by atoms with Gasteiger partial charge in [-0.3, -0.25) is 0 Å². The van der Waals surface area contributed by atoms with E-state index < -0.39 is 0 Å². The van der Waals surface area contributed by atoms with Gasteiger partial charge in [0, 0.05) is 22.1 Å². The van der Waals surface area contributed by atoms with E-state index in [4.69, 9.17) is 11.6 Å². The summed E-state index contributed by atoms with van der Waals surface area (Å²) in [6.07, 6.45) is 0. The van der Waals surface area contributed by atoms with Crippen molar-refractivity contribution in [1.29, 1.82) is 0 Å². The molecule has 0 amide bonds. The lowest BCUT2D eigenvalue weighted by atomic mass is 10.0. The Balaban J connectivity index is 2.06. The number of benzene rings is 2. The van der Waals surface area contributed by atoms with Crippen molar-refractivity contribution >= 4 is 27.5 Å². The van der Waals surface area contributed by atoms with Gasteiger partial charge in [-0.25, -0.2) is 0 Å². The summed E-state index contributed by atoms with van der Waals surface area (Å²) in [6.45, 7) is 5.11. The molecule has 0 saturated heterocycles. The maximum Gasteiger partial charge on any atom is 0.0410 e. The average molecular weight is 339 g/mol. The summed E-state index contributed by atoms with van der Waals surface area (Å²) in [4.78, 5) is 0. The Kier molecular flexibility index (Phi) is 5.03. The van der Waals surface area contributed by atoms with E-state index in [2.05, 4.69) is 59.4 Å². The minimum absolute atomic E-state index is 0.312. The zero-order valence-electron chi connectivity index (χ0n) is 11.1. The molecule has 0 fully saturated rings. The molecule has 19 heavy (non-hydrogen) atoms. The van der Waals surface area contributed by atoms with E-state index in [1.54, 1.807) is 0 Å². The van der Waals surface area contributed by atoms with Crippen LogP contribution >= 0.6 is 27.5 Å². The first-order valence-electron chi connectivity index (χ1n) is 6.31. The first-order valence-corrected chi connectivity index (χ1v) is 7.48. The van der Waals surface area contributed by atoms with E-state index in [1.165, 1.54) is 16.7 Å². The lowest BCUT2D eigenvalue weighted by molar-refractivity contribution is 0.571. The Morgan fingerprint density at radius 3 is 2.68 bits per heavy atom. The maximum atomic E-state index is 6.03. The van der Waals surface area contributed by atoms with E-state index in [9.17, 15) is 0 Å². The van der Waals surface area contributed by atoms with E-state index >= 15 is 0 Å². The van der Waals surface area contributed by atoms with E-state index in [0.29, 0.717) is 6.04 Å². The summed E-state index contributed by atoms with van der Waals surface area (Å²) >= 11 is 9.58. The monoisotopic (exact) mass is 337 g/mol. The molecule has 0 saturated carbocycles. The highest BCUT2D eigenvalue weighted by Gasteiger charge is 2.08. The van der Waals surface area contributed by atoms with Gasteiger partial charge in [0.25, 0.3) is 0 Å². The molecule has 1 atom stereocenters. The van der Waals surface area contributed by atoms with Crippen LogP contribution in [0.4, 0.5) is 0 Å². The molecule has 0 spiro atoms. The van der Waals surface area contributed by atoms with Crippen LogP contribution in [0.1, 0.15) is 29.7 Å². The van der Waals surface area contributed by atoms with E-state index in [0.717, 1.165) is 16.0 Å². The Morgan fingerprint density at radius 1 is 1.21 bits per heavy atom. The fourth-order valence-corrected chi connectivity index (χ4v) is 2.71. The Hall–Kier alpha value is -0.830. The van der Waals surface area contributed by atoms with Crippen LogP contribution in [0.15, 0.2) is 46.9 Å². The number of rotatable bonds is 4. The third-order valence-electron chi connectivity index (χ3n) is 3.26. The highest BCUT2D eigenvalue weighted by molar-refractivity contribution is 9.10. The molecule has 0 aliphatic heterocycles. The lowest BCUT2D eigenvalue weighted by Gasteiger charge is -2.17. The Bertz CT molecular complexity index is 568. The van der Waals surface area contributed by atoms with Gasteiger partial charge < -0.3 is 5.32 Å². The third kappa shape index (κ3) is 3.82. The largest absolute Gasteiger partial charge is 0.306 e. The molecule has 2 aromatic carbocycles. The van der Waals surface area contributed by atoms with Crippen molar-refractivity contribution < 1.29 is 0 Å². The number of nitrogens with one attached hydrogen (secondary N) is 1. The van der Waals surface area contributed by atoms with Gasteiger partial charge in [-0.1, -0.05) is 51.8 Å². The van der Waals surface area contributed by atoms with Crippen molar-refractivity contribution in [2.24, 2.45) is 0 Å². The van der Waals surface area contributed by atoms with Gasteiger partial charge in [0.15, 0.2) is 0 Å². The van der Waals surface area contributed by atoms with Crippen LogP contribution in [0.3, 0.4) is 0 Å². The molecule has 2 aromatic rings. The molecule has 1 nitrogen and oxygen atoms in total. The summed E-state index contributed by atoms with van der Waals surface area (Å²) in [5.74, 6) is 0. The van der Waals surface area contributed by atoms with Gasteiger partial charge in [-0.05, 0) is 48.7 Å². The highest BCUT2D eigenvalue weighted by atomic mass is 79.9. The second-order valence-corrected chi connectivity index (χ2v) is 5.99. The zero-order valence-corrected chi connectivity index (χ0v) is 13.4. The maximum absolute atomic E-state index is 6.03.